The monoisotopic (exact) mass is 655 g/mol. The summed E-state index contributed by atoms with van der Waals surface area (Å²) in [4.78, 5) is 54.8. The Morgan fingerprint density at radius 2 is 1.51 bits per heavy atom. The predicted molar refractivity (Wildman–Crippen MR) is 162 cm³/mol. The molecule has 0 saturated carbocycles. The van der Waals surface area contributed by atoms with Gasteiger partial charge in [0, 0.05) is 16.5 Å². The first-order valence-electron chi connectivity index (χ1n) is 13.5. The van der Waals surface area contributed by atoms with Gasteiger partial charge in [0.25, 0.3) is 0 Å². The van der Waals surface area contributed by atoms with Crippen molar-refractivity contribution in [2.45, 2.75) is 28.9 Å². The van der Waals surface area contributed by atoms with Crippen LogP contribution in [-0.2, 0) is 27.1 Å². The summed E-state index contributed by atoms with van der Waals surface area (Å²) in [6.07, 6.45) is -4.82. The Morgan fingerprint density at radius 1 is 0.889 bits per heavy atom. The smallest absolute Gasteiger partial charge is 0.418 e. The van der Waals surface area contributed by atoms with E-state index >= 15 is 0 Å². The first-order chi connectivity index (χ1) is 21.5. The number of hydrogen-bond acceptors (Lipinski definition) is 8. The van der Waals surface area contributed by atoms with Crippen LogP contribution in [-0.4, -0.2) is 41.8 Å². The molecule has 0 spiro atoms. The topological polar surface area (TPSA) is 107 Å². The standard InChI is InChI=1S/C31H24F3N3O6S2/c1-42-18-11-7-16(8-12-18)23-24-25(28(40)37(27(24)39)21-6-4-3-5-20(21)31(32,33)34)44-29-26(23)45-30(41)36(29)15-22(38)35-17-9-13-19(43-2)14-10-17/h3-14,23-25H,15H2,1-2H3,(H,35,38)/t23-,24?,25?/m1/s1. The van der Waals surface area contributed by atoms with E-state index in [1.54, 1.807) is 48.5 Å². The van der Waals surface area contributed by atoms with E-state index in [0.717, 1.165) is 35.2 Å². The molecule has 232 valence electrons. The molecule has 2 aliphatic heterocycles. The first kappa shape index (κ1) is 30.5. The second-order valence-corrected chi connectivity index (χ2v) is 12.4. The Labute approximate surface area is 262 Å². The Hall–Kier alpha value is -4.56. The van der Waals surface area contributed by atoms with Crippen molar-refractivity contribution in [2.24, 2.45) is 5.92 Å². The predicted octanol–water partition coefficient (Wildman–Crippen LogP) is 5.38. The fourth-order valence-electron chi connectivity index (χ4n) is 5.59. The number of thiazole rings is 1. The molecule has 3 aromatic carbocycles. The van der Waals surface area contributed by atoms with Gasteiger partial charge in [-0.1, -0.05) is 47.4 Å². The van der Waals surface area contributed by atoms with Crippen LogP contribution in [0.25, 0.3) is 0 Å². The highest BCUT2D eigenvalue weighted by Crippen LogP contribution is 2.54. The average Bonchev–Trinajstić information content (AvgIpc) is 3.47. The number of anilines is 2. The second kappa shape index (κ2) is 11.7. The molecule has 4 aromatic rings. The number of aromatic nitrogens is 1. The SMILES string of the molecule is COc1ccc(NC(=O)Cn2c3c(sc2=O)[C@H](c2ccc(OC)cc2)C2C(=O)N(c4ccccc4C(F)(F)F)C(=O)C2S3)cc1. The maximum atomic E-state index is 14.0. The number of ether oxygens (including phenoxy) is 2. The zero-order chi connectivity index (χ0) is 32.0. The van der Waals surface area contributed by atoms with Crippen molar-refractivity contribution in [2.75, 3.05) is 24.4 Å². The number of hydrogen-bond donors (Lipinski definition) is 1. The highest BCUT2D eigenvalue weighted by molar-refractivity contribution is 8.00. The summed E-state index contributed by atoms with van der Waals surface area (Å²) in [5.74, 6) is -2.98. The van der Waals surface area contributed by atoms with Crippen LogP contribution in [0.15, 0.2) is 82.6 Å². The van der Waals surface area contributed by atoms with Gasteiger partial charge in [0.05, 0.1) is 36.4 Å². The maximum absolute atomic E-state index is 14.0. The lowest BCUT2D eigenvalue weighted by Crippen LogP contribution is -2.33. The maximum Gasteiger partial charge on any atom is 0.418 e. The van der Waals surface area contributed by atoms with E-state index in [-0.39, 0.29) is 6.54 Å². The van der Waals surface area contributed by atoms with Crippen molar-refractivity contribution in [3.05, 3.63) is 98.5 Å². The number of imide groups is 1. The minimum Gasteiger partial charge on any atom is -0.497 e. The van der Waals surface area contributed by atoms with Gasteiger partial charge in [-0.2, -0.15) is 13.2 Å². The third-order valence-electron chi connectivity index (χ3n) is 7.65. The summed E-state index contributed by atoms with van der Waals surface area (Å²) >= 11 is 1.75. The van der Waals surface area contributed by atoms with E-state index in [2.05, 4.69) is 5.32 Å². The van der Waals surface area contributed by atoms with Gasteiger partial charge >= 0.3 is 11.0 Å². The third kappa shape index (κ3) is 5.48. The molecule has 2 unspecified atom stereocenters. The van der Waals surface area contributed by atoms with Crippen molar-refractivity contribution < 1.29 is 37.0 Å². The number of rotatable bonds is 7. The third-order valence-corrected chi connectivity index (χ3v) is 10.3. The number of benzene rings is 3. The average molecular weight is 656 g/mol. The van der Waals surface area contributed by atoms with Crippen molar-refractivity contribution in [1.82, 2.24) is 4.57 Å². The van der Waals surface area contributed by atoms with Crippen LogP contribution in [0.4, 0.5) is 24.5 Å². The van der Waals surface area contributed by atoms with Gasteiger partial charge in [0.1, 0.15) is 23.3 Å². The number of carbonyl (C=O) groups is 3. The summed E-state index contributed by atoms with van der Waals surface area (Å²) < 4.78 is 53.5. The molecule has 6 rings (SSSR count). The van der Waals surface area contributed by atoms with Crippen LogP contribution in [0.1, 0.15) is 21.9 Å². The summed E-state index contributed by atoms with van der Waals surface area (Å²) in [5.41, 5.74) is -0.630. The van der Waals surface area contributed by atoms with Crippen LogP contribution in [0, 0.1) is 5.92 Å². The quantitative estimate of drug-likeness (QED) is 0.267. The lowest BCUT2D eigenvalue weighted by molar-refractivity contribution is -0.137. The highest BCUT2D eigenvalue weighted by atomic mass is 32.2. The minimum absolute atomic E-state index is 0.309. The molecule has 14 heteroatoms. The molecule has 0 bridgehead atoms. The summed E-state index contributed by atoms with van der Waals surface area (Å²) in [6, 6.07) is 17.7. The first-order valence-corrected chi connectivity index (χ1v) is 15.2. The van der Waals surface area contributed by atoms with Gasteiger partial charge in [0.15, 0.2) is 0 Å². The molecule has 0 radical (unpaired) electrons. The Kier molecular flexibility index (Phi) is 7.95. The van der Waals surface area contributed by atoms with Gasteiger partial charge < -0.3 is 14.8 Å². The molecular weight excluding hydrogens is 631 g/mol. The van der Waals surface area contributed by atoms with E-state index in [1.165, 1.54) is 30.9 Å². The zero-order valence-corrected chi connectivity index (χ0v) is 25.3. The number of nitrogens with zero attached hydrogens (tertiary/aromatic N) is 2. The molecule has 3 amide bonds. The Morgan fingerprint density at radius 3 is 2.13 bits per heavy atom. The fraction of sp³-hybridized carbons (Fsp3) is 0.226. The molecule has 2 aliphatic rings. The normalized spacial score (nSPS) is 19.2. The molecule has 1 saturated heterocycles. The van der Waals surface area contributed by atoms with E-state index in [1.807, 2.05) is 0 Å². The second-order valence-electron chi connectivity index (χ2n) is 10.2. The summed E-state index contributed by atoms with van der Waals surface area (Å²) in [5, 5.41) is 1.88. The Bertz CT molecular complexity index is 1850. The number of amides is 3. The largest absolute Gasteiger partial charge is 0.497 e. The van der Waals surface area contributed by atoms with E-state index in [4.69, 9.17) is 9.47 Å². The van der Waals surface area contributed by atoms with Crippen LogP contribution >= 0.6 is 23.1 Å². The number of methoxy groups -OCH3 is 2. The molecule has 1 N–H and O–H groups in total. The van der Waals surface area contributed by atoms with Crippen molar-refractivity contribution >= 4 is 52.2 Å². The molecule has 1 aromatic heterocycles. The number of alkyl halides is 3. The summed E-state index contributed by atoms with van der Waals surface area (Å²) in [6.45, 7) is -0.390. The van der Waals surface area contributed by atoms with Crippen LogP contribution in [0.5, 0.6) is 11.5 Å². The van der Waals surface area contributed by atoms with Crippen LogP contribution in [0.2, 0.25) is 0 Å². The molecule has 9 nitrogen and oxygen atoms in total. The molecular formula is C31H24F3N3O6S2. The van der Waals surface area contributed by atoms with E-state index in [9.17, 15) is 32.3 Å². The van der Waals surface area contributed by atoms with Crippen molar-refractivity contribution in [3.8, 4) is 11.5 Å². The van der Waals surface area contributed by atoms with E-state index < -0.39 is 57.1 Å². The van der Waals surface area contributed by atoms with E-state index in [0.29, 0.717) is 37.6 Å². The number of para-hydroxylation sites is 1. The van der Waals surface area contributed by atoms with Gasteiger partial charge in [-0.25, -0.2) is 4.90 Å². The van der Waals surface area contributed by atoms with Gasteiger partial charge in [-0.3, -0.25) is 23.7 Å². The molecule has 0 aliphatic carbocycles. The zero-order valence-electron chi connectivity index (χ0n) is 23.7. The highest BCUT2D eigenvalue weighted by Gasteiger charge is 2.57. The number of nitrogens with one attached hydrogen (secondary N) is 1. The Balaban J connectivity index is 1.41. The molecule has 3 heterocycles. The lowest BCUT2D eigenvalue weighted by atomic mass is 9.83. The minimum atomic E-state index is -4.82. The molecule has 3 atom stereocenters. The number of carbonyl (C=O) groups excluding carboxylic acids is 3. The van der Waals surface area contributed by atoms with Crippen molar-refractivity contribution in [3.63, 3.8) is 0 Å². The van der Waals surface area contributed by atoms with Crippen LogP contribution in [0.3, 0.4) is 0 Å². The van der Waals surface area contributed by atoms with Gasteiger partial charge in [-0.05, 0) is 54.1 Å². The molecule has 1 fully saturated rings. The number of fused-ring (bicyclic) bond motifs is 2. The van der Waals surface area contributed by atoms with Gasteiger partial charge in [-0.15, -0.1) is 0 Å². The van der Waals surface area contributed by atoms with Crippen LogP contribution < -0.4 is 24.6 Å². The van der Waals surface area contributed by atoms with Crippen molar-refractivity contribution in [1.29, 1.82) is 0 Å². The van der Waals surface area contributed by atoms with Gasteiger partial charge in [0.2, 0.25) is 17.7 Å². The lowest BCUT2D eigenvalue weighted by Gasteiger charge is -2.30. The number of halogens is 3. The fourth-order valence-corrected chi connectivity index (χ4v) is 8.36. The molecule has 45 heavy (non-hydrogen) atoms. The summed E-state index contributed by atoms with van der Waals surface area (Å²) in [7, 11) is 3.00. The number of thioether (sulfide) groups is 1.